The number of primary amides is 1. The molecule has 2 aliphatic carbocycles. The van der Waals surface area contributed by atoms with Gasteiger partial charge in [0.2, 0.25) is 0 Å². The summed E-state index contributed by atoms with van der Waals surface area (Å²) in [6.07, 6.45) is 0. The van der Waals surface area contributed by atoms with Crippen molar-refractivity contribution in [3.63, 3.8) is 0 Å². The second kappa shape index (κ2) is 5.61. The van der Waals surface area contributed by atoms with Gasteiger partial charge in [-0.25, -0.2) is 9.18 Å². The third-order valence-corrected chi connectivity index (χ3v) is 2.94. The Balaban J connectivity index is 0.000000198. The van der Waals surface area contributed by atoms with E-state index in [0.29, 0.717) is 12.2 Å². The molecule has 0 aliphatic heterocycles. The third kappa shape index (κ3) is 3.06. The van der Waals surface area contributed by atoms with Gasteiger partial charge in [-0.05, 0) is 36.2 Å². The topological polar surface area (TPSA) is 66.6 Å². The van der Waals surface area contributed by atoms with Crippen molar-refractivity contribution in [1.82, 2.24) is 0 Å². The van der Waals surface area contributed by atoms with Gasteiger partial charge in [0.05, 0.1) is 0 Å². The van der Waals surface area contributed by atoms with Crippen LogP contribution < -0.4 is 10.6 Å². The molecule has 0 atom stereocenters. The van der Waals surface area contributed by atoms with Crippen LogP contribution in [0.5, 0.6) is 5.75 Å². The van der Waals surface area contributed by atoms with Crippen LogP contribution in [0.4, 0.5) is 14.9 Å². The number of urea groups is 1. The standard InChI is InChI=1S/C9H11FN2O2.C6H4/c1-2-12(9(11)14)6-3-4-8(13)7(10)5-6;1-2-5-4-6(5)3-1/h3-5,13H,2H2,1H3,(H2,11,14);1-4H. The Bertz CT molecular complexity index is 626. The van der Waals surface area contributed by atoms with Crippen LogP contribution in [0.15, 0.2) is 42.5 Å². The van der Waals surface area contributed by atoms with Gasteiger partial charge in [-0.15, -0.1) is 0 Å². The highest BCUT2D eigenvalue weighted by atomic mass is 19.1. The van der Waals surface area contributed by atoms with Crippen molar-refractivity contribution in [3.8, 4) is 16.9 Å². The van der Waals surface area contributed by atoms with Crippen molar-refractivity contribution >= 4 is 11.7 Å². The van der Waals surface area contributed by atoms with Crippen LogP contribution in [0.1, 0.15) is 6.92 Å². The fourth-order valence-electron chi connectivity index (χ4n) is 1.80. The minimum absolute atomic E-state index is 0.329. The van der Waals surface area contributed by atoms with Gasteiger partial charge in [0.25, 0.3) is 0 Å². The molecule has 104 valence electrons. The second-order valence-electron chi connectivity index (χ2n) is 4.30. The quantitative estimate of drug-likeness (QED) is 0.754. The van der Waals surface area contributed by atoms with E-state index in [1.165, 1.54) is 28.2 Å². The minimum Gasteiger partial charge on any atom is -0.505 e. The van der Waals surface area contributed by atoms with Crippen LogP contribution in [0, 0.1) is 5.82 Å². The molecule has 20 heavy (non-hydrogen) atoms. The van der Waals surface area contributed by atoms with Gasteiger partial charge < -0.3 is 10.8 Å². The van der Waals surface area contributed by atoms with Crippen LogP contribution in [0.3, 0.4) is 0 Å². The van der Waals surface area contributed by atoms with Crippen LogP contribution in [0.2, 0.25) is 0 Å². The van der Waals surface area contributed by atoms with Gasteiger partial charge in [0.15, 0.2) is 11.6 Å². The Kier molecular flexibility index (Phi) is 3.89. The molecule has 0 saturated heterocycles. The summed E-state index contributed by atoms with van der Waals surface area (Å²) in [6.45, 7) is 2.06. The largest absolute Gasteiger partial charge is 0.505 e. The molecule has 3 rings (SSSR count). The molecule has 2 aliphatic rings. The zero-order valence-corrected chi connectivity index (χ0v) is 11.0. The minimum atomic E-state index is -0.776. The predicted molar refractivity (Wildman–Crippen MR) is 76.1 cm³/mol. The molecular formula is C15H15FN2O2. The van der Waals surface area contributed by atoms with E-state index in [1.54, 1.807) is 6.92 Å². The lowest BCUT2D eigenvalue weighted by atomic mass is 10.2. The molecule has 2 amide bonds. The zero-order chi connectivity index (χ0) is 14.7. The van der Waals surface area contributed by atoms with E-state index in [-0.39, 0.29) is 0 Å². The molecule has 0 heterocycles. The highest BCUT2D eigenvalue weighted by Crippen LogP contribution is 2.32. The lowest BCUT2D eigenvalue weighted by Gasteiger charge is -2.18. The Hall–Kier alpha value is -2.56. The SMILES string of the molecule is CCN(C(N)=O)c1ccc(O)c(F)c1.c1cc2cc-2c1. The molecule has 3 N–H and O–H groups in total. The summed E-state index contributed by atoms with van der Waals surface area (Å²) in [5.74, 6) is -1.23. The molecule has 0 unspecified atom stereocenters. The predicted octanol–water partition coefficient (Wildman–Crippen LogP) is 3.10. The number of nitrogens with two attached hydrogens (primary N) is 1. The Labute approximate surface area is 116 Å². The molecular weight excluding hydrogens is 259 g/mol. The molecule has 0 bridgehead atoms. The molecule has 0 fully saturated rings. The maximum absolute atomic E-state index is 12.9. The molecule has 0 spiro atoms. The Morgan fingerprint density at radius 3 is 2.25 bits per heavy atom. The maximum atomic E-state index is 12.9. The van der Waals surface area contributed by atoms with E-state index < -0.39 is 17.6 Å². The molecule has 1 aromatic carbocycles. The first-order chi connectivity index (χ1) is 9.52. The average Bonchev–Trinajstić information content (AvgIpc) is 3.01. The van der Waals surface area contributed by atoms with Gasteiger partial charge in [-0.1, -0.05) is 18.2 Å². The summed E-state index contributed by atoms with van der Waals surface area (Å²) in [6, 6.07) is 11.5. The maximum Gasteiger partial charge on any atom is 0.319 e. The third-order valence-electron chi connectivity index (χ3n) is 2.94. The number of anilines is 1. The van der Waals surface area contributed by atoms with Crippen LogP contribution in [0.25, 0.3) is 11.1 Å². The second-order valence-corrected chi connectivity index (χ2v) is 4.30. The van der Waals surface area contributed by atoms with E-state index in [2.05, 4.69) is 24.3 Å². The summed E-state index contributed by atoms with van der Waals surface area (Å²) in [7, 11) is 0. The average molecular weight is 274 g/mol. The van der Waals surface area contributed by atoms with Gasteiger partial charge >= 0.3 is 6.03 Å². The summed E-state index contributed by atoms with van der Waals surface area (Å²) in [5.41, 5.74) is 8.25. The lowest BCUT2D eigenvalue weighted by molar-refractivity contribution is 0.254. The number of aromatic hydroxyl groups is 1. The van der Waals surface area contributed by atoms with E-state index in [0.717, 1.165) is 6.07 Å². The van der Waals surface area contributed by atoms with Crippen LogP contribution in [-0.2, 0) is 0 Å². The number of nitrogens with zero attached hydrogens (tertiary/aromatic N) is 1. The van der Waals surface area contributed by atoms with Gasteiger partial charge in [0.1, 0.15) is 0 Å². The summed E-state index contributed by atoms with van der Waals surface area (Å²) in [5, 5.41) is 8.93. The first-order valence-electron chi connectivity index (χ1n) is 6.19. The highest BCUT2D eigenvalue weighted by molar-refractivity contribution is 5.90. The fourth-order valence-corrected chi connectivity index (χ4v) is 1.80. The number of amides is 2. The number of benzene rings is 2. The molecule has 1 aromatic rings. The molecule has 4 nitrogen and oxygen atoms in total. The van der Waals surface area contributed by atoms with Crippen LogP contribution in [-0.4, -0.2) is 17.7 Å². The molecule has 0 radical (unpaired) electrons. The first-order valence-corrected chi connectivity index (χ1v) is 6.19. The van der Waals surface area contributed by atoms with E-state index in [4.69, 9.17) is 10.8 Å². The van der Waals surface area contributed by atoms with Gasteiger partial charge in [-0.2, -0.15) is 0 Å². The van der Waals surface area contributed by atoms with Gasteiger partial charge in [-0.3, -0.25) is 4.90 Å². The van der Waals surface area contributed by atoms with Crippen molar-refractivity contribution in [3.05, 3.63) is 48.3 Å². The molecule has 0 saturated carbocycles. The van der Waals surface area contributed by atoms with Crippen molar-refractivity contribution in [2.45, 2.75) is 6.92 Å². The van der Waals surface area contributed by atoms with E-state index in [9.17, 15) is 9.18 Å². The Morgan fingerprint density at radius 1 is 1.25 bits per heavy atom. The summed E-state index contributed by atoms with van der Waals surface area (Å²) >= 11 is 0. The van der Waals surface area contributed by atoms with E-state index in [1.807, 2.05) is 0 Å². The van der Waals surface area contributed by atoms with E-state index >= 15 is 0 Å². The number of hydrogen-bond donors (Lipinski definition) is 2. The number of phenols is 1. The molecule has 0 aromatic heterocycles. The van der Waals surface area contributed by atoms with Crippen molar-refractivity contribution in [2.75, 3.05) is 11.4 Å². The van der Waals surface area contributed by atoms with Gasteiger partial charge in [0, 0.05) is 18.3 Å². The number of rotatable bonds is 2. The number of halogens is 1. The number of hydrogen-bond acceptors (Lipinski definition) is 2. The summed E-state index contributed by atoms with van der Waals surface area (Å²) in [4.78, 5) is 12.1. The Morgan fingerprint density at radius 2 is 1.90 bits per heavy atom. The number of carbonyl (C=O) groups excluding carboxylic acids is 1. The molecule has 5 heteroatoms. The number of carbonyl (C=O) groups is 1. The normalized spacial score (nSPS) is 10.3. The first kappa shape index (κ1) is 13.9. The zero-order valence-electron chi connectivity index (χ0n) is 11.0. The summed E-state index contributed by atoms with van der Waals surface area (Å²) < 4.78 is 12.9. The smallest absolute Gasteiger partial charge is 0.319 e. The fraction of sp³-hybridized carbons (Fsp3) is 0.133. The van der Waals surface area contributed by atoms with Crippen molar-refractivity contribution in [1.29, 1.82) is 0 Å². The number of fused-ring (bicyclic) bond motifs is 1. The monoisotopic (exact) mass is 274 g/mol. The number of phenolic OH excluding ortho intramolecular Hbond substituents is 1. The van der Waals surface area contributed by atoms with Crippen LogP contribution >= 0.6 is 0 Å². The highest BCUT2D eigenvalue weighted by Gasteiger charge is 2.11. The van der Waals surface area contributed by atoms with Crippen molar-refractivity contribution < 1.29 is 14.3 Å². The lowest BCUT2D eigenvalue weighted by Crippen LogP contribution is -2.35. The van der Waals surface area contributed by atoms with Crippen molar-refractivity contribution in [2.24, 2.45) is 5.73 Å².